The van der Waals surface area contributed by atoms with E-state index in [2.05, 4.69) is 9.97 Å². The lowest BCUT2D eigenvalue weighted by atomic mass is 10.0. The van der Waals surface area contributed by atoms with Crippen molar-refractivity contribution in [3.8, 4) is 11.5 Å². The van der Waals surface area contributed by atoms with Crippen molar-refractivity contribution in [2.24, 2.45) is 0 Å². The number of hydrogen-bond donors (Lipinski definition) is 0. The van der Waals surface area contributed by atoms with Crippen LogP contribution in [0.4, 0.5) is 4.39 Å². The fourth-order valence-corrected chi connectivity index (χ4v) is 3.99. The van der Waals surface area contributed by atoms with Gasteiger partial charge in [0, 0.05) is 18.2 Å². The fraction of sp³-hybridized carbons (Fsp3) is 0.160. The first-order valence-corrected chi connectivity index (χ1v) is 10.7. The number of oxazole rings is 1. The van der Waals surface area contributed by atoms with Gasteiger partial charge < -0.3 is 4.42 Å². The molecule has 0 saturated heterocycles. The highest BCUT2D eigenvalue weighted by molar-refractivity contribution is 6.30. The van der Waals surface area contributed by atoms with Gasteiger partial charge in [0.2, 0.25) is 5.89 Å². The summed E-state index contributed by atoms with van der Waals surface area (Å²) < 4.78 is 20.8. The van der Waals surface area contributed by atoms with Gasteiger partial charge >= 0.3 is 0 Å². The second-order valence-electron chi connectivity index (χ2n) is 7.59. The van der Waals surface area contributed by atoms with Crippen LogP contribution >= 0.6 is 11.6 Å². The minimum absolute atomic E-state index is 0.0175. The molecule has 5 aromatic rings. The monoisotopic (exact) mass is 447 g/mol. The Morgan fingerprint density at radius 1 is 1.09 bits per heavy atom. The molecule has 0 radical (unpaired) electrons. The number of benzene rings is 2. The maximum absolute atomic E-state index is 13.2. The van der Waals surface area contributed by atoms with E-state index in [9.17, 15) is 9.18 Å². The van der Waals surface area contributed by atoms with E-state index in [0.29, 0.717) is 58.2 Å². The molecule has 3 aromatic heterocycles. The third-order valence-electron chi connectivity index (χ3n) is 5.44. The number of fused-ring (bicyclic) bond motifs is 2. The predicted octanol–water partition coefficient (Wildman–Crippen LogP) is 6.31. The summed E-state index contributed by atoms with van der Waals surface area (Å²) in [5.74, 6) is 0.142. The zero-order valence-corrected chi connectivity index (χ0v) is 18.1. The number of imidazole rings is 1. The molecule has 0 unspecified atom stereocenters. The van der Waals surface area contributed by atoms with Crippen LogP contribution in [0.3, 0.4) is 0 Å². The van der Waals surface area contributed by atoms with Crippen LogP contribution in [0.2, 0.25) is 5.02 Å². The van der Waals surface area contributed by atoms with Crippen molar-refractivity contribution in [2.45, 2.75) is 26.2 Å². The summed E-state index contributed by atoms with van der Waals surface area (Å²) in [6.07, 6.45) is 3.29. The van der Waals surface area contributed by atoms with Crippen LogP contribution in [0.25, 0.3) is 28.2 Å². The van der Waals surface area contributed by atoms with Crippen LogP contribution in [0.5, 0.6) is 0 Å². The number of carbonyl (C=O) groups excluding carboxylic acids is 1. The smallest absolute Gasteiger partial charge is 0.227 e. The van der Waals surface area contributed by atoms with Crippen molar-refractivity contribution in [1.29, 1.82) is 0 Å². The van der Waals surface area contributed by atoms with Crippen LogP contribution in [0, 0.1) is 5.82 Å². The highest BCUT2D eigenvalue weighted by atomic mass is 35.5. The molecule has 5 rings (SSSR count). The van der Waals surface area contributed by atoms with E-state index in [-0.39, 0.29) is 11.6 Å². The maximum Gasteiger partial charge on any atom is 0.227 e. The van der Waals surface area contributed by atoms with Gasteiger partial charge in [-0.25, -0.2) is 14.4 Å². The van der Waals surface area contributed by atoms with E-state index >= 15 is 0 Å². The molecular weight excluding hydrogens is 429 g/mol. The van der Waals surface area contributed by atoms with Crippen LogP contribution in [0.15, 0.2) is 65.2 Å². The van der Waals surface area contributed by atoms with Crippen molar-refractivity contribution >= 4 is 34.1 Å². The van der Waals surface area contributed by atoms with E-state index in [0.717, 1.165) is 11.3 Å². The Bertz CT molecular complexity index is 1450. The Hall–Kier alpha value is -3.51. The standard InChI is InChI=1S/C25H19ClFN3O2/c1-2-19-24(30-14-17(26)7-12-23(30)28-19)21(31)10-3-15-4-11-22-20(13-15)29-25(32-22)16-5-8-18(27)9-6-16/h4-9,11-14H,2-3,10H2,1H3. The van der Waals surface area contributed by atoms with Gasteiger partial charge in [0.05, 0.1) is 10.7 Å². The molecule has 7 heteroatoms. The predicted molar refractivity (Wildman–Crippen MR) is 122 cm³/mol. The number of Topliss-reactive ketones (excluding diaryl/α,β-unsaturated/α-hetero) is 1. The van der Waals surface area contributed by atoms with E-state index < -0.39 is 0 Å². The number of nitrogens with zero attached hydrogens (tertiary/aromatic N) is 3. The Labute approximate surface area is 188 Å². The lowest BCUT2D eigenvalue weighted by Gasteiger charge is -2.05. The summed E-state index contributed by atoms with van der Waals surface area (Å²) in [6.45, 7) is 1.98. The molecule has 2 aromatic carbocycles. The molecule has 0 atom stereocenters. The quantitative estimate of drug-likeness (QED) is 0.286. The van der Waals surface area contributed by atoms with Gasteiger partial charge in [0.1, 0.15) is 22.7 Å². The normalized spacial score (nSPS) is 11.5. The van der Waals surface area contributed by atoms with Crippen molar-refractivity contribution in [1.82, 2.24) is 14.4 Å². The fourth-order valence-electron chi connectivity index (χ4n) is 3.83. The molecule has 0 amide bonds. The number of ketones is 1. The van der Waals surface area contributed by atoms with E-state index in [1.807, 2.05) is 31.2 Å². The SMILES string of the molecule is CCc1nc2ccc(Cl)cn2c1C(=O)CCc1ccc2oc(-c3ccc(F)cc3)nc2c1. The Balaban J connectivity index is 1.38. The number of hydrogen-bond acceptors (Lipinski definition) is 4. The zero-order chi connectivity index (χ0) is 22.2. The molecular formula is C25H19ClFN3O2. The number of halogens is 2. The topological polar surface area (TPSA) is 60.4 Å². The molecule has 0 aliphatic heterocycles. The van der Waals surface area contributed by atoms with Crippen LogP contribution in [-0.2, 0) is 12.8 Å². The Kier molecular flexibility index (Phi) is 5.23. The molecule has 5 nitrogen and oxygen atoms in total. The van der Waals surface area contributed by atoms with Gasteiger partial charge in [-0.15, -0.1) is 0 Å². The van der Waals surface area contributed by atoms with E-state index in [1.54, 1.807) is 28.8 Å². The van der Waals surface area contributed by atoms with Crippen molar-refractivity contribution in [3.05, 3.63) is 88.6 Å². The summed E-state index contributed by atoms with van der Waals surface area (Å²) in [6, 6.07) is 15.3. The summed E-state index contributed by atoms with van der Waals surface area (Å²) in [5, 5.41) is 0.556. The minimum atomic E-state index is -0.309. The van der Waals surface area contributed by atoms with E-state index in [1.165, 1.54) is 12.1 Å². The van der Waals surface area contributed by atoms with E-state index in [4.69, 9.17) is 16.0 Å². The maximum atomic E-state index is 13.2. The molecule has 0 fully saturated rings. The van der Waals surface area contributed by atoms with Gasteiger partial charge in [-0.05, 0) is 66.9 Å². The molecule has 160 valence electrons. The number of aryl methyl sites for hydroxylation is 2. The van der Waals surface area contributed by atoms with Crippen molar-refractivity contribution in [2.75, 3.05) is 0 Å². The molecule has 0 aliphatic rings. The molecule has 3 heterocycles. The second-order valence-corrected chi connectivity index (χ2v) is 8.02. The largest absolute Gasteiger partial charge is 0.436 e. The van der Waals surface area contributed by atoms with Crippen molar-refractivity contribution in [3.63, 3.8) is 0 Å². The molecule has 0 aliphatic carbocycles. The molecule has 32 heavy (non-hydrogen) atoms. The minimum Gasteiger partial charge on any atom is -0.436 e. The van der Waals surface area contributed by atoms with Crippen LogP contribution in [0.1, 0.15) is 35.1 Å². The molecule has 0 bridgehead atoms. The number of carbonyl (C=O) groups is 1. The number of pyridine rings is 1. The average Bonchev–Trinajstić information content (AvgIpc) is 3.38. The van der Waals surface area contributed by atoms with Gasteiger partial charge in [-0.2, -0.15) is 0 Å². The lowest BCUT2D eigenvalue weighted by Crippen LogP contribution is -2.08. The third-order valence-corrected chi connectivity index (χ3v) is 5.66. The lowest BCUT2D eigenvalue weighted by molar-refractivity contribution is 0.0976. The molecule has 0 saturated carbocycles. The van der Waals surface area contributed by atoms with Gasteiger partial charge in [0.15, 0.2) is 11.4 Å². The van der Waals surface area contributed by atoms with Crippen LogP contribution in [-0.4, -0.2) is 20.2 Å². The first kappa shape index (κ1) is 20.4. The first-order chi connectivity index (χ1) is 15.5. The van der Waals surface area contributed by atoms with Gasteiger partial charge in [-0.3, -0.25) is 9.20 Å². The Morgan fingerprint density at radius 3 is 2.69 bits per heavy atom. The summed E-state index contributed by atoms with van der Waals surface area (Å²) in [4.78, 5) is 22.2. The second kappa shape index (κ2) is 8.20. The first-order valence-electron chi connectivity index (χ1n) is 10.4. The number of aromatic nitrogens is 3. The van der Waals surface area contributed by atoms with Crippen molar-refractivity contribution < 1.29 is 13.6 Å². The molecule has 0 N–H and O–H groups in total. The van der Waals surface area contributed by atoms with Gasteiger partial charge in [0.25, 0.3) is 0 Å². The summed E-state index contributed by atoms with van der Waals surface area (Å²) in [5.41, 5.74) is 5.10. The Morgan fingerprint density at radius 2 is 1.91 bits per heavy atom. The van der Waals surface area contributed by atoms with Gasteiger partial charge in [-0.1, -0.05) is 24.6 Å². The average molecular weight is 448 g/mol. The molecule has 0 spiro atoms. The highest BCUT2D eigenvalue weighted by Crippen LogP contribution is 2.26. The summed E-state index contributed by atoms with van der Waals surface area (Å²) >= 11 is 6.14. The third kappa shape index (κ3) is 3.78. The number of rotatable bonds is 6. The highest BCUT2D eigenvalue weighted by Gasteiger charge is 2.18. The summed E-state index contributed by atoms with van der Waals surface area (Å²) in [7, 11) is 0. The van der Waals surface area contributed by atoms with Crippen LogP contribution < -0.4 is 0 Å². The zero-order valence-electron chi connectivity index (χ0n) is 17.3.